The SMILES string of the molecule is O=C(NCCC(O)c1ccccc1)C1(c2ccccc2)CC1. The van der Waals surface area contributed by atoms with Crippen LogP contribution in [-0.4, -0.2) is 17.6 Å². The van der Waals surface area contributed by atoms with Gasteiger partial charge in [0, 0.05) is 6.54 Å². The number of hydrogen-bond donors (Lipinski definition) is 2. The van der Waals surface area contributed by atoms with Gasteiger partial charge in [-0.15, -0.1) is 0 Å². The fraction of sp³-hybridized carbons (Fsp3) is 0.316. The van der Waals surface area contributed by atoms with Gasteiger partial charge in [0.25, 0.3) is 0 Å². The lowest BCUT2D eigenvalue weighted by atomic mass is 9.95. The van der Waals surface area contributed by atoms with E-state index in [4.69, 9.17) is 0 Å². The van der Waals surface area contributed by atoms with E-state index in [-0.39, 0.29) is 11.3 Å². The predicted octanol–water partition coefficient (Wildman–Crippen LogP) is 2.96. The maximum absolute atomic E-state index is 12.5. The third kappa shape index (κ3) is 3.04. The van der Waals surface area contributed by atoms with Gasteiger partial charge in [0.2, 0.25) is 5.91 Å². The molecule has 1 saturated carbocycles. The first-order valence-electron chi connectivity index (χ1n) is 7.79. The standard InChI is InChI=1S/C19H21NO2/c21-17(15-7-3-1-4-8-15)11-14-20-18(22)19(12-13-19)16-9-5-2-6-10-16/h1-10,17,21H,11-14H2,(H,20,22). The van der Waals surface area contributed by atoms with Crippen LogP contribution in [0, 0.1) is 0 Å². The van der Waals surface area contributed by atoms with Gasteiger partial charge in [-0.1, -0.05) is 60.7 Å². The minimum atomic E-state index is -0.534. The van der Waals surface area contributed by atoms with Crippen molar-refractivity contribution in [1.29, 1.82) is 0 Å². The zero-order chi connectivity index (χ0) is 15.4. The van der Waals surface area contributed by atoms with E-state index < -0.39 is 6.10 Å². The molecule has 0 saturated heterocycles. The molecule has 0 spiro atoms. The number of nitrogens with one attached hydrogen (secondary N) is 1. The highest BCUT2D eigenvalue weighted by Gasteiger charge is 2.50. The van der Waals surface area contributed by atoms with Gasteiger partial charge in [0.05, 0.1) is 11.5 Å². The van der Waals surface area contributed by atoms with Crippen LogP contribution in [0.4, 0.5) is 0 Å². The van der Waals surface area contributed by atoms with Crippen molar-refractivity contribution in [2.45, 2.75) is 30.8 Å². The van der Waals surface area contributed by atoms with E-state index in [0.717, 1.165) is 24.0 Å². The second-order valence-electron chi connectivity index (χ2n) is 5.92. The number of rotatable bonds is 6. The van der Waals surface area contributed by atoms with Gasteiger partial charge in [-0.2, -0.15) is 0 Å². The van der Waals surface area contributed by atoms with Crippen molar-refractivity contribution in [3.05, 3.63) is 71.8 Å². The molecule has 2 aromatic rings. The Morgan fingerprint density at radius 1 is 1.05 bits per heavy atom. The fourth-order valence-electron chi connectivity index (χ4n) is 2.86. The number of hydrogen-bond acceptors (Lipinski definition) is 2. The van der Waals surface area contributed by atoms with Crippen molar-refractivity contribution < 1.29 is 9.90 Å². The first-order valence-corrected chi connectivity index (χ1v) is 7.79. The Hall–Kier alpha value is -2.13. The normalized spacial score (nSPS) is 16.8. The molecule has 1 aliphatic rings. The van der Waals surface area contributed by atoms with Crippen molar-refractivity contribution >= 4 is 5.91 Å². The average molecular weight is 295 g/mol. The molecule has 0 radical (unpaired) electrons. The van der Waals surface area contributed by atoms with Crippen molar-refractivity contribution in [1.82, 2.24) is 5.32 Å². The summed E-state index contributed by atoms with van der Waals surface area (Å²) in [7, 11) is 0. The first-order chi connectivity index (χ1) is 10.7. The molecule has 22 heavy (non-hydrogen) atoms. The maximum atomic E-state index is 12.5. The topological polar surface area (TPSA) is 49.3 Å². The Kier molecular flexibility index (Phi) is 4.25. The van der Waals surface area contributed by atoms with E-state index in [1.54, 1.807) is 0 Å². The molecule has 2 N–H and O–H groups in total. The van der Waals surface area contributed by atoms with Crippen molar-refractivity contribution in [3.8, 4) is 0 Å². The van der Waals surface area contributed by atoms with Crippen molar-refractivity contribution in [2.75, 3.05) is 6.54 Å². The number of aliphatic hydroxyl groups excluding tert-OH is 1. The molecule has 0 aromatic heterocycles. The molecule has 1 atom stereocenters. The van der Waals surface area contributed by atoms with Crippen molar-refractivity contribution in [3.63, 3.8) is 0 Å². The lowest BCUT2D eigenvalue weighted by Gasteiger charge is -2.17. The van der Waals surface area contributed by atoms with E-state index in [1.165, 1.54) is 0 Å². The van der Waals surface area contributed by atoms with E-state index >= 15 is 0 Å². The van der Waals surface area contributed by atoms with E-state index in [9.17, 15) is 9.90 Å². The summed E-state index contributed by atoms with van der Waals surface area (Å²) in [4.78, 5) is 12.5. The average Bonchev–Trinajstić information content (AvgIpc) is 3.38. The Bertz CT molecular complexity index is 620. The highest BCUT2D eigenvalue weighted by atomic mass is 16.3. The summed E-state index contributed by atoms with van der Waals surface area (Å²) in [6.07, 6.45) is 1.81. The lowest BCUT2D eigenvalue weighted by molar-refractivity contribution is -0.123. The molecule has 0 aliphatic heterocycles. The zero-order valence-corrected chi connectivity index (χ0v) is 12.5. The van der Waals surface area contributed by atoms with Crippen LogP contribution in [0.2, 0.25) is 0 Å². The third-order valence-electron chi connectivity index (χ3n) is 4.40. The molecule has 1 fully saturated rings. The molecule has 0 bridgehead atoms. The van der Waals surface area contributed by atoms with Crippen LogP contribution < -0.4 is 5.32 Å². The quantitative estimate of drug-likeness (QED) is 0.861. The Labute approximate surface area is 131 Å². The highest BCUT2D eigenvalue weighted by molar-refractivity contribution is 5.91. The minimum Gasteiger partial charge on any atom is -0.388 e. The smallest absolute Gasteiger partial charge is 0.230 e. The summed E-state index contributed by atoms with van der Waals surface area (Å²) < 4.78 is 0. The molecule has 1 unspecified atom stereocenters. The molecule has 2 aromatic carbocycles. The van der Waals surface area contributed by atoms with Gasteiger partial charge in [-0.25, -0.2) is 0 Å². The third-order valence-corrected chi connectivity index (χ3v) is 4.40. The monoisotopic (exact) mass is 295 g/mol. The summed E-state index contributed by atoms with van der Waals surface area (Å²) in [6.45, 7) is 0.490. The molecule has 3 heteroatoms. The van der Waals surface area contributed by atoms with E-state index in [2.05, 4.69) is 5.32 Å². The van der Waals surface area contributed by atoms with Gasteiger partial charge in [0.15, 0.2) is 0 Å². The first kappa shape index (κ1) is 14.8. The van der Waals surface area contributed by atoms with Gasteiger partial charge in [0.1, 0.15) is 0 Å². The molecular weight excluding hydrogens is 274 g/mol. The largest absolute Gasteiger partial charge is 0.388 e. The van der Waals surface area contributed by atoms with Gasteiger partial charge < -0.3 is 10.4 Å². The summed E-state index contributed by atoms with van der Waals surface area (Å²) in [5.41, 5.74) is 1.65. The summed E-state index contributed by atoms with van der Waals surface area (Å²) in [5.74, 6) is 0.0824. The van der Waals surface area contributed by atoms with Crippen LogP contribution in [-0.2, 0) is 10.2 Å². The molecule has 3 nitrogen and oxygen atoms in total. The number of benzene rings is 2. The second-order valence-corrected chi connectivity index (χ2v) is 5.92. The van der Waals surface area contributed by atoms with Crippen LogP contribution in [0.3, 0.4) is 0 Å². The lowest BCUT2D eigenvalue weighted by Crippen LogP contribution is -2.35. The molecular formula is C19H21NO2. The van der Waals surface area contributed by atoms with Crippen molar-refractivity contribution in [2.24, 2.45) is 0 Å². The van der Waals surface area contributed by atoms with Gasteiger partial charge >= 0.3 is 0 Å². The Morgan fingerprint density at radius 3 is 2.23 bits per heavy atom. The summed E-state index contributed by atoms with van der Waals surface area (Å²) in [6, 6.07) is 19.5. The van der Waals surface area contributed by atoms with Gasteiger partial charge in [-0.05, 0) is 30.4 Å². The highest BCUT2D eigenvalue weighted by Crippen LogP contribution is 2.48. The minimum absolute atomic E-state index is 0.0824. The number of carbonyl (C=O) groups is 1. The van der Waals surface area contributed by atoms with Gasteiger partial charge in [-0.3, -0.25) is 4.79 Å². The van der Waals surface area contributed by atoms with E-state index in [0.29, 0.717) is 13.0 Å². The predicted molar refractivity (Wildman–Crippen MR) is 86.4 cm³/mol. The molecule has 3 rings (SSSR count). The fourth-order valence-corrected chi connectivity index (χ4v) is 2.86. The van der Waals surface area contributed by atoms with E-state index in [1.807, 2.05) is 60.7 Å². The summed E-state index contributed by atoms with van der Waals surface area (Å²) >= 11 is 0. The number of carbonyl (C=O) groups excluding carboxylic acids is 1. The summed E-state index contributed by atoms with van der Waals surface area (Å²) in [5, 5.41) is 13.1. The number of amides is 1. The molecule has 114 valence electrons. The second kappa shape index (κ2) is 6.32. The number of aliphatic hydroxyl groups is 1. The Morgan fingerprint density at radius 2 is 1.64 bits per heavy atom. The zero-order valence-electron chi connectivity index (χ0n) is 12.5. The Balaban J connectivity index is 1.53. The molecule has 1 aliphatic carbocycles. The van der Waals surface area contributed by atoms with Crippen LogP contribution in [0.1, 0.15) is 36.5 Å². The van der Waals surface area contributed by atoms with Crippen LogP contribution in [0.5, 0.6) is 0 Å². The molecule has 1 amide bonds. The van der Waals surface area contributed by atoms with Crippen LogP contribution >= 0.6 is 0 Å². The van der Waals surface area contributed by atoms with Crippen LogP contribution in [0.15, 0.2) is 60.7 Å². The maximum Gasteiger partial charge on any atom is 0.230 e. The van der Waals surface area contributed by atoms with Crippen LogP contribution in [0.25, 0.3) is 0 Å². The molecule has 0 heterocycles.